The van der Waals surface area contributed by atoms with E-state index in [1.165, 1.54) is 26.8 Å². The van der Waals surface area contributed by atoms with E-state index in [0.717, 1.165) is 74.8 Å². The predicted molar refractivity (Wildman–Crippen MR) is 213 cm³/mol. The third-order valence-electron chi connectivity index (χ3n) is 11.8. The summed E-state index contributed by atoms with van der Waals surface area (Å²) in [6.45, 7) is 8.11. The van der Waals surface area contributed by atoms with Gasteiger partial charge in [0.25, 0.3) is 5.91 Å². The summed E-state index contributed by atoms with van der Waals surface area (Å²) in [6.07, 6.45) is 1.03. The summed E-state index contributed by atoms with van der Waals surface area (Å²) < 4.78 is 54.1. The van der Waals surface area contributed by atoms with Crippen LogP contribution in [0.2, 0.25) is 0 Å². The second kappa shape index (κ2) is 15.6. The van der Waals surface area contributed by atoms with Crippen LogP contribution in [0.25, 0.3) is 33.4 Å². The number of nitrogens with two attached hydrogens (primary N) is 1. The predicted octanol–water partition coefficient (Wildman–Crippen LogP) is 5.66. The number of piperazine rings is 1. The Kier molecular flexibility index (Phi) is 10.9. The third kappa shape index (κ3) is 8.16. The van der Waals surface area contributed by atoms with Gasteiger partial charge in [-0.2, -0.15) is 13.2 Å². The highest BCUT2D eigenvalue weighted by Gasteiger charge is 2.36. The van der Waals surface area contributed by atoms with Gasteiger partial charge in [-0.05, 0) is 68.4 Å². The number of nitrogens with zero attached hydrogens (tertiary/aromatic N) is 6. The molecule has 1 aromatic carbocycles. The zero-order valence-corrected chi connectivity index (χ0v) is 33.8. The van der Waals surface area contributed by atoms with Gasteiger partial charge in [-0.25, -0.2) is 10.4 Å². The molecular formula is C41H51F3N8O4S. The number of methoxy groups -OCH3 is 1. The molecular weight excluding hydrogens is 758 g/mol. The van der Waals surface area contributed by atoms with Crippen LogP contribution in [0.4, 0.5) is 18.9 Å². The van der Waals surface area contributed by atoms with E-state index in [1.54, 1.807) is 7.11 Å². The Hall–Kier alpha value is -4.09. The molecule has 4 aromatic rings. The van der Waals surface area contributed by atoms with E-state index in [9.17, 15) is 22.8 Å². The van der Waals surface area contributed by atoms with Crippen LogP contribution in [0, 0.1) is 5.41 Å². The average Bonchev–Trinajstić information content (AvgIpc) is 3.78. The number of benzene rings is 1. The van der Waals surface area contributed by atoms with Crippen molar-refractivity contribution in [1.82, 2.24) is 29.9 Å². The molecule has 3 aromatic heterocycles. The zero-order chi connectivity index (χ0) is 40.2. The highest BCUT2D eigenvalue weighted by atomic mass is 32.1. The molecule has 0 aliphatic carbocycles. The van der Waals surface area contributed by atoms with E-state index < -0.39 is 36.2 Å². The number of amides is 1. The molecule has 3 N–H and O–H groups in total. The van der Waals surface area contributed by atoms with Crippen molar-refractivity contribution in [2.24, 2.45) is 11.1 Å². The van der Waals surface area contributed by atoms with Gasteiger partial charge in [-0.15, -0.1) is 11.3 Å². The summed E-state index contributed by atoms with van der Waals surface area (Å²) in [6, 6.07) is 5.08. The fourth-order valence-corrected chi connectivity index (χ4v) is 9.69. The number of alkyl halides is 3. The number of aromatic nitrogens is 3. The lowest BCUT2D eigenvalue weighted by atomic mass is 9.84. The fourth-order valence-electron chi connectivity index (χ4n) is 8.83. The van der Waals surface area contributed by atoms with Gasteiger partial charge in [-0.1, -0.05) is 13.8 Å². The second-order valence-electron chi connectivity index (χ2n) is 16.7. The molecule has 7 heterocycles. The number of cyclic esters (lactones) is 1. The molecule has 4 aliphatic heterocycles. The van der Waals surface area contributed by atoms with Crippen molar-refractivity contribution in [2.75, 3.05) is 57.9 Å². The smallest absolute Gasteiger partial charge is 0.401 e. The lowest BCUT2D eigenvalue weighted by Gasteiger charge is -2.36. The van der Waals surface area contributed by atoms with Crippen molar-refractivity contribution in [3.63, 3.8) is 0 Å². The minimum Gasteiger partial charge on any atom is -0.464 e. The van der Waals surface area contributed by atoms with Gasteiger partial charge < -0.3 is 24.7 Å². The second-order valence-corrected chi connectivity index (χ2v) is 17.6. The van der Waals surface area contributed by atoms with Crippen LogP contribution in [0.3, 0.4) is 0 Å². The van der Waals surface area contributed by atoms with E-state index in [4.69, 9.17) is 25.2 Å². The number of rotatable bonds is 5. The lowest BCUT2D eigenvalue weighted by Crippen LogP contribution is -2.59. The molecule has 1 unspecified atom stereocenters. The molecule has 0 radical (unpaired) electrons. The van der Waals surface area contributed by atoms with Gasteiger partial charge in [0.15, 0.2) is 0 Å². The van der Waals surface area contributed by atoms with Crippen molar-refractivity contribution in [2.45, 2.75) is 90.2 Å². The number of pyridine rings is 1. The van der Waals surface area contributed by atoms with Gasteiger partial charge in [0.05, 0.1) is 64.8 Å². The lowest BCUT2D eigenvalue weighted by molar-refractivity contribution is -0.155. The molecule has 6 bridgehead atoms. The number of esters is 1. The number of ether oxygens (including phenoxy) is 2. The Balaban J connectivity index is 1.27. The van der Waals surface area contributed by atoms with Gasteiger partial charge in [0.1, 0.15) is 6.04 Å². The molecule has 2 fully saturated rings. The Bertz CT molecular complexity index is 2160. The van der Waals surface area contributed by atoms with Crippen LogP contribution < -0.4 is 16.1 Å². The van der Waals surface area contributed by atoms with E-state index in [2.05, 4.69) is 46.9 Å². The highest BCUT2D eigenvalue weighted by Crippen LogP contribution is 2.45. The third-order valence-corrected chi connectivity index (χ3v) is 12.6. The number of hydrogen-bond donors (Lipinski definition) is 2. The summed E-state index contributed by atoms with van der Waals surface area (Å²) in [5.41, 5.74) is 17.8. The minimum absolute atomic E-state index is 0.146. The number of anilines is 1. The van der Waals surface area contributed by atoms with Crippen LogP contribution in [-0.2, 0) is 44.9 Å². The van der Waals surface area contributed by atoms with Crippen molar-refractivity contribution in [3.8, 4) is 22.5 Å². The van der Waals surface area contributed by atoms with Crippen LogP contribution in [-0.4, -0.2) is 108 Å². The quantitative estimate of drug-likeness (QED) is 0.244. The standard InChI is InChI=1S/C41H51F3N8O4S/c1-24(55-4)35-29(17-27(20-46-35)50-13-11-49(12-14-50)22-41(42,43)44)37-30-19-40(2,3)23-56-39(54)32-8-6-10-52(48-32)38(53)31(45)18-34-47-33(21-57-34)26-15-25-7-5-9-51(37)36(25)28(30)16-26/h15-17,20-21,24,31-32,48H,5-14,18-19,22-23,45H2,1-4H3/t24-,31-,32?/m0/s1. The van der Waals surface area contributed by atoms with Crippen molar-refractivity contribution in [3.05, 3.63) is 51.6 Å². The first-order valence-corrected chi connectivity index (χ1v) is 20.8. The normalized spacial score (nSPS) is 22.7. The molecule has 0 saturated carbocycles. The first-order valence-electron chi connectivity index (χ1n) is 19.9. The maximum Gasteiger partial charge on any atom is 0.401 e. The molecule has 2 saturated heterocycles. The summed E-state index contributed by atoms with van der Waals surface area (Å²) in [5.74, 6) is -0.687. The van der Waals surface area contributed by atoms with Gasteiger partial charge in [0, 0.05) is 80.1 Å². The number of aryl methyl sites for hydroxylation is 2. The highest BCUT2D eigenvalue weighted by molar-refractivity contribution is 7.10. The Labute approximate surface area is 334 Å². The molecule has 3 atom stereocenters. The molecule has 4 aliphatic rings. The monoisotopic (exact) mass is 808 g/mol. The summed E-state index contributed by atoms with van der Waals surface area (Å²) >= 11 is 1.48. The molecule has 1 amide bonds. The SMILES string of the molecule is CO[C@@H](C)c1ncc(N2CCN(CC(F)(F)F)CC2)cc1-c1c2c3cc(cc4c3n1CCC4)-c1csc(n1)C[C@H](N)C(=O)N1CCCC(N1)C(=O)OCC(C)(C)C2. The van der Waals surface area contributed by atoms with E-state index >= 15 is 0 Å². The van der Waals surface area contributed by atoms with Crippen molar-refractivity contribution in [1.29, 1.82) is 0 Å². The number of hydrazine groups is 1. The van der Waals surface area contributed by atoms with Crippen molar-refractivity contribution < 1.29 is 32.2 Å². The van der Waals surface area contributed by atoms with Crippen LogP contribution >= 0.6 is 11.3 Å². The Morgan fingerprint density at radius 2 is 1.89 bits per heavy atom. The zero-order valence-electron chi connectivity index (χ0n) is 33.0. The molecule has 8 rings (SSSR count). The van der Waals surface area contributed by atoms with Crippen LogP contribution in [0.1, 0.15) is 68.0 Å². The molecule has 57 heavy (non-hydrogen) atoms. The van der Waals surface area contributed by atoms with Crippen LogP contribution in [0.5, 0.6) is 0 Å². The number of nitrogens with one attached hydrogen (secondary N) is 1. The van der Waals surface area contributed by atoms with Crippen LogP contribution in [0.15, 0.2) is 29.8 Å². The number of fused-ring (bicyclic) bond motifs is 6. The maximum atomic E-state index is 13.6. The van der Waals surface area contributed by atoms with E-state index in [-0.39, 0.29) is 25.0 Å². The number of carbonyl (C=O) groups excluding carboxylic acids is 2. The molecule has 306 valence electrons. The first-order chi connectivity index (χ1) is 27.2. The fraction of sp³-hybridized carbons (Fsp3) is 0.561. The molecule has 12 nitrogen and oxygen atoms in total. The maximum absolute atomic E-state index is 13.6. The Morgan fingerprint density at radius 3 is 2.65 bits per heavy atom. The van der Waals surface area contributed by atoms with E-state index in [1.807, 2.05) is 18.5 Å². The largest absolute Gasteiger partial charge is 0.464 e. The summed E-state index contributed by atoms with van der Waals surface area (Å²) in [4.78, 5) is 40.6. The van der Waals surface area contributed by atoms with Gasteiger partial charge in [0.2, 0.25) is 0 Å². The number of carbonyl (C=O) groups is 2. The molecule has 0 spiro atoms. The number of thiazole rings is 1. The molecule has 16 heteroatoms. The number of halogens is 3. The first kappa shape index (κ1) is 39.7. The topological polar surface area (TPSA) is 131 Å². The summed E-state index contributed by atoms with van der Waals surface area (Å²) in [7, 11) is 1.66. The summed E-state index contributed by atoms with van der Waals surface area (Å²) in [5, 5.41) is 5.34. The van der Waals surface area contributed by atoms with Gasteiger partial charge in [-0.3, -0.25) is 24.5 Å². The Morgan fingerprint density at radius 1 is 1.11 bits per heavy atom. The van der Waals surface area contributed by atoms with Gasteiger partial charge >= 0.3 is 12.1 Å². The minimum atomic E-state index is -4.24. The number of hydrogen-bond acceptors (Lipinski definition) is 11. The van der Waals surface area contributed by atoms with E-state index in [0.29, 0.717) is 52.0 Å². The average molecular weight is 809 g/mol. The van der Waals surface area contributed by atoms with Crippen molar-refractivity contribution >= 4 is 39.8 Å².